The number of piperidine rings is 1. The van der Waals surface area contributed by atoms with E-state index < -0.39 is 6.10 Å². The summed E-state index contributed by atoms with van der Waals surface area (Å²) in [6.45, 7) is 4.48. The van der Waals surface area contributed by atoms with Gasteiger partial charge in [0.05, 0.1) is 12.4 Å². The van der Waals surface area contributed by atoms with Gasteiger partial charge in [0.2, 0.25) is 0 Å². The quantitative estimate of drug-likeness (QED) is 0.944. The van der Waals surface area contributed by atoms with Crippen molar-refractivity contribution in [1.29, 1.82) is 0 Å². The second kappa shape index (κ2) is 6.58. The highest BCUT2D eigenvalue weighted by Gasteiger charge is 2.28. The molecule has 0 bridgehead atoms. The summed E-state index contributed by atoms with van der Waals surface area (Å²) < 4.78 is 15.9. The van der Waals surface area contributed by atoms with Crippen molar-refractivity contribution in [2.24, 2.45) is 5.92 Å². The number of benzene rings is 1. The highest BCUT2D eigenvalue weighted by molar-refractivity contribution is 5.20. The Hall–Kier alpha value is -1.72. The summed E-state index contributed by atoms with van der Waals surface area (Å²) >= 11 is 0. The van der Waals surface area contributed by atoms with Gasteiger partial charge in [-0.1, -0.05) is 25.1 Å². The van der Waals surface area contributed by atoms with E-state index in [0.29, 0.717) is 24.1 Å². The third-order valence-corrected chi connectivity index (χ3v) is 4.61. The fourth-order valence-electron chi connectivity index (χ4n) is 3.22. The van der Waals surface area contributed by atoms with Crippen molar-refractivity contribution in [2.75, 3.05) is 19.6 Å². The van der Waals surface area contributed by atoms with Crippen LogP contribution in [-0.2, 0) is 0 Å². The van der Waals surface area contributed by atoms with Crippen LogP contribution in [0.1, 0.15) is 31.1 Å². The van der Waals surface area contributed by atoms with Gasteiger partial charge < -0.3 is 9.67 Å². The Morgan fingerprint density at radius 2 is 2.23 bits per heavy atom. The molecule has 1 aliphatic rings. The van der Waals surface area contributed by atoms with Gasteiger partial charge in [0.1, 0.15) is 5.82 Å². The fourth-order valence-corrected chi connectivity index (χ4v) is 3.22. The monoisotopic (exact) mass is 303 g/mol. The van der Waals surface area contributed by atoms with Crippen molar-refractivity contribution < 1.29 is 9.50 Å². The lowest BCUT2D eigenvalue weighted by molar-refractivity contribution is 0.0670. The molecule has 1 aromatic heterocycles. The second-order valence-electron chi connectivity index (χ2n) is 6.14. The lowest BCUT2D eigenvalue weighted by atomic mass is 9.93. The lowest BCUT2D eigenvalue weighted by Crippen LogP contribution is -2.42. The SMILES string of the molecule is CC1CCN(CC(O)c2ccccc2F)CC1n1ccnc1. The highest BCUT2D eigenvalue weighted by Crippen LogP contribution is 2.29. The number of likely N-dealkylation sites (tertiary alicyclic amines) is 1. The van der Waals surface area contributed by atoms with E-state index >= 15 is 0 Å². The summed E-state index contributed by atoms with van der Waals surface area (Å²) in [5.41, 5.74) is 0.375. The zero-order valence-corrected chi connectivity index (χ0v) is 12.8. The number of imidazole rings is 1. The standard InChI is InChI=1S/C17H22FN3O/c1-13-6-8-20(10-16(13)21-9-7-19-12-21)11-17(22)14-4-2-3-5-15(14)18/h2-5,7,9,12-13,16-17,22H,6,8,10-11H2,1H3. The number of rotatable bonds is 4. The van der Waals surface area contributed by atoms with Crippen molar-refractivity contribution in [3.63, 3.8) is 0 Å². The molecule has 1 N–H and O–H groups in total. The zero-order chi connectivity index (χ0) is 15.5. The van der Waals surface area contributed by atoms with Gasteiger partial charge in [-0.2, -0.15) is 0 Å². The minimum atomic E-state index is -0.793. The van der Waals surface area contributed by atoms with E-state index in [4.69, 9.17) is 0 Å². The summed E-state index contributed by atoms with van der Waals surface area (Å²) in [7, 11) is 0. The van der Waals surface area contributed by atoms with Crippen LogP contribution in [0.15, 0.2) is 43.0 Å². The molecule has 1 aromatic carbocycles. The molecule has 3 atom stereocenters. The van der Waals surface area contributed by atoms with Crippen LogP contribution in [0.4, 0.5) is 4.39 Å². The number of aliphatic hydroxyl groups excluding tert-OH is 1. The van der Waals surface area contributed by atoms with E-state index in [1.165, 1.54) is 6.07 Å². The number of β-amino-alcohol motifs (C(OH)–C–C–N with tert-alkyl or cyclic N) is 1. The number of hydrogen-bond acceptors (Lipinski definition) is 3. The molecule has 2 aromatic rings. The third-order valence-electron chi connectivity index (χ3n) is 4.61. The van der Waals surface area contributed by atoms with E-state index in [2.05, 4.69) is 21.4 Å². The molecule has 0 amide bonds. The van der Waals surface area contributed by atoms with Crippen LogP contribution in [0.3, 0.4) is 0 Å². The topological polar surface area (TPSA) is 41.3 Å². The van der Waals surface area contributed by atoms with Gasteiger partial charge in [0.15, 0.2) is 0 Å². The minimum absolute atomic E-state index is 0.341. The number of hydrogen-bond donors (Lipinski definition) is 1. The van der Waals surface area contributed by atoms with E-state index in [0.717, 1.165) is 19.5 Å². The Labute approximate surface area is 130 Å². The molecule has 1 fully saturated rings. The van der Waals surface area contributed by atoms with Crippen molar-refractivity contribution >= 4 is 0 Å². The largest absolute Gasteiger partial charge is 0.387 e. The Bertz CT molecular complexity index is 602. The van der Waals surface area contributed by atoms with E-state index in [1.807, 2.05) is 12.5 Å². The van der Waals surface area contributed by atoms with Gasteiger partial charge >= 0.3 is 0 Å². The van der Waals surface area contributed by atoms with E-state index in [-0.39, 0.29) is 5.82 Å². The molecule has 1 aliphatic heterocycles. The summed E-state index contributed by atoms with van der Waals surface area (Å²) in [5, 5.41) is 10.3. The first-order valence-corrected chi connectivity index (χ1v) is 7.77. The maximum atomic E-state index is 13.8. The third kappa shape index (κ3) is 3.20. The molecule has 4 nitrogen and oxygen atoms in total. The molecule has 3 unspecified atom stereocenters. The van der Waals surface area contributed by atoms with Crippen LogP contribution in [0.2, 0.25) is 0 Å². The predicted molar refractivity (Wildman–Crippen MR) is 82.8 cm³/mol. The van der Waals surface area contributed by atoms with Crippen molar-refractivity contribution in [1.82, 2.24) is 14.5 Å². The Kier molecular flexibility index (Phi) is 4.55. The molecule has 5 heteroatoms. The Morgan fingerprint density at radius 1 is 1.41 bits per heavy atom. The normalized spacial score (nSPS) is 24.3. The fraction of sp³-hybridized carbons (Fsp3) is 0.471. The summed E-state index contributed by atoms with van der Waals surface area (Å²) in [6, 6.07) is 6.80. The summed E-state index contributed by atoms with van der Waals surface area (Å²) in [4.78, 5) is 6.33. The van der Waals surface area contributed by atoms with Gasteiger partial charge in [-0.3, -0.25) is 4.90 Å². The molecule has 1 saturated heterocycles. The van der Waals surface area contributed by atoms with Crippen LogP contribution < -0.4 is 0 Å². The predicted octanol–water partition coefficient (Wildman–Crippen LogP) is 2.64. The average Bonchev–Trinajstić information content (AvgIpc) is 3.03. The summed E-state index contributed by atoms with van der Waals surface area (Å²) in [5.74, 6) is 0.225. The maximum Gasteiger partial charge on any atom is 0.129 e. The van der Waals surface area contributed by atoms with Crippen LogP contribution >= 0.6 is 0 Å². The van der Waals surface area contributed by atoms with E-state index in [1.54, 1.807) is 24.4 Å². The Balaban J connectivity index is 1.67. The van der Waals surface area contributed by atoms with Gasteiger partial charge in [-0.25, -0.2) is 9.37 Å². The molecular weight excluding hydrogens is 281 g/mol. The van der Waals surface area contributed by atoms with Crippen molar-refractivity contribution in [2.45, 2.75) is 25.5 Å². The molecule has 0 saturated carbocycles. The van der Waals surface area contributed by atoms with Gasteiger partial charge in [-0.15, -0.1) is 0 Å². The van der Waals surface area contributed by atoms with Gasteiger partial charge in [0.25, 0.3) is 0 Å². The smallest absolute Gasteiger partial charge is 0.129 e. The molecular formula is C17H22FN3O. The zero-order valence-electron chi connectivity index (χ0n) is 12.8. The minimum Gasteiger partial charge on any atom is -0.387 e. The van der Waals surface area contributed by atoms with Crippen LogP contribution in [0, 0.1) is 11.7 Å². The molecule has 0 aliphatic carbocycles. The van der Waals surface area contributed by atoms with Crippen molar-refractivity contribution in [3.8, 4) is 0 Å². The van der Waals surface area contributed by atoms with Crippen LogP contribution in [0.25, 0.3) is 0 Å². The Morgan fingerprint density at radius 3 is 2.95 bits per heavy atom. The molecule has 0 spiro atoms. The molecule has 22 heavy (non-hydrogen) atoms. The van der Waals surface area contributed by atoms with Crippen molar-refractivity contribution in [3.05, 3.63) is 54.4 Å². The van der Waals surface area contributed by atoms with Crippen LogP contribution in [-0.4, -0.2) is 39.2 Å². The highest BCUT2D eigenvalue weighted by atomic mass is 19.1. The maximum absolute atomic E-state index is 13.8. The number of halogens is 1. The number of aliphatic hydroxyl groups is 1. The van der Waals surface area contributed by atoms with Crippen LogP contribution in [0.5, 0.6) is 0 Å². The first-order valence-electron chi connectivity index (χ1n) is 7.77. The second-order valence-corrected chi connectivity index (χ2v) is 6.14. The number of aromatic nitrogens is 2. The number of nitrogens with zero attached hydrogens (tertiary/aromatic N) is 3. The molecule has 0 radical (unpaired) electrons. The molecule has 118 valence electrons. The first-order chi connectivity index (χ1) is 10.6. The first kappa shape index (κ1) is 15.2. The lowest BCUT2D eigenvalue weighted by Gasteiger charge is -2.38. The van der Waals surface area contributed by atoms with Gasteiger partial charge in [0, 0.05) is 37.1 Å². The molecule has 3 rings (SSSR count). The van der Waals surface area contributed by atoms with Gasteiger partial charge in [-0.05, 0) is 24.9 Å². The average molecular weight is 303 g/mol. The summed E-state index contributed by atoms with van der Waals surface area (Å²) in [6.07, 6.45) is 5.89. The van der Waals surface area contributed by atoms with E-state index in [9.17, 15) is 9.50 Å². The molecule has 2 heterocycles.